The molecule has 0 unspecified atom stereocenters. The summed E-state index contributed by atoms with van der Waals surface area (Å²) in [5.41, 5.74) is 3.00. The summed E-state index contributed by atoms with van der Waals surface area (Å²) >= 11 is 6.04. The zero-order chi connectivity index (χ0) is 13.1. The highest BCUT2D eigenvalue weighted by Crippen LogP contribution is 2.31. The van der Waals surface area contributed by atoms with Crippen LogP contribution >= 0.6 is 11.6 Å². The summed E-state index contributed by atoms with van der Waals surface area (Å²) in [6.45, 7) is 6.61. The molecule has 0 amide bonds. The van der Waals surface area contributed by atoms with Crippen molar-refractivity contribution < 1.29 is 4.74 Å². The van der Waals surface area contributed by atoms with Crippen LogP contribution in [0, 0.1) is 0 Å². The number of ether oxygens (including phenoxy) is 1. The van der Waals surface area contributed by atoms with Crippen molar-refractivity contribution in [2.75, 3.05) is 13.7 Å². The topological polar surface area (TPSA) is 12.5 Å². The molecule has 18 heavy (non-hydrogen) atoms. The summed E-state index contributed by atoms with van der Waals surface area (Å²) in [7, 11) is 1.96. The molecule has 1 aliphatic rings. The molecule has 0 spiro atoms. The number of likely N-dealkylation sites (N-methyl/N-ethyl adjacent to an activating group) is 1. The van der Waals surface area contributed by atoms with E-state index in [4.69, 9.17) is 16.3 Å². The van der Waals surface area contributed by atoms with Gasteiger partial charge in [-0.1, -0.05) is 18.2 Å². The normalized spacial score (nSPS) is 15.3. The SMILES string of the molecule is C=C1C(Cl)=CC=C(c2ccc(OCC)cc2)N1C. The van der Waals surface area contributed by atoms with Crippen LogP contribution < -0.4 is 4.74 Å². The van der Waals surface area contributed by atoms with Gasteiger partial charge in [-0.05, 0) is 48.9 Å². The molecule has 1 aromatic rings. The zero-order valence-corrected chi connectivity index (χ0v) is 11.4. The Kier molecular flexibility index (Phi) is 3.78. The smallest absolute Gasteiger partial charge is 0.119 e. The molecular formula is C15H16ClNO. The Bertz CT molecular complexity index is 514. The van der Waals surface area contributed by atoms with Crippen molar-refractivity contribution in [1.29, 1.82) is 0 Å². The van der Waals surface area contributed by atoms with E-state index in [1.165, 1.54) is 0 Å². The van der Waals surface area contributed by atoms with Gasteiger partial charge in [0.2, 0.25) is 0 Å². The Balaban J connectivity index is 2.29. The van der Waals surface area contributed by atoms with Gasteiger partial charge in [0.15, 0.2) is 0 Å². The minimum Gasteiger partial charge on any atom is -0.494 e. The Morgan fingerprint density at radius 1 is 1.22 bits per heavy atom. The third-order valence-electron chi connectivity index (χ3n) is 2.89. The van der Waals surface area contributed by atoms with Crippen LogP contribution in [0.2, 0.25) is 0 Å². The van der Waals surface area contributed by atoms with E-state index in [0.717, 1.165) is 22.7 Å². The van der Waals surface area contributed by atoms with Gasteiger partial charge < -0.3 is 9.64 Å². The Labute approximate surface area is 113 Å². The first-order chi connectivity index (χ1) is 8.63. The lowest BCUT2D eigenvalue weighted by atomic mass is 10.1. The molecule has 0 atom stereocenters. The standard InChI is InChI=1S/C15H16ClNO/c1-4-18-13-7-5-12(6-8-13)15-10-9-14(16)11(2)17(15)3/h5-10H,2,4H2,1,3H3. The monoisotopic (exact) mass is 261 g/mol. The zero-order valence-electron chi connectivity index (χ0n) is 10.6. The predicted octanol–water partition coefficient (Wildman–Crippen LogP) is 4.01. The summed E-state index contributed by atoms with van der Waals surface area (Å²) < 4.78 is 5.43. The molecule has 0 N–H and O–H groups in total. The largest absolute Gasteiger partial charge is 0.494 e. The van der Waals surface area contributed by atoms with Gasteiger partial charge >= 0.3 is 0 Å². The van der Waals surface area contributed by atoms with Gasteiger partial charge in [0, 0.05) is 12.7 Å². The molecule has 1 heterocycles. The van der Waals surface area contributed by atoms with Crippen LogP contribution in [0.25, 0.3) is 5.70 Å². The van der Waals surface area contributed by atoms with E-state index in [-0.39, 0.29) is 0 Å². The van der Waals surface area contributed by atoms with Gasteiger partial charge in [-0.15, -0.1) is 0 Å². The van der Waals surface area contributed by atoms with E-state index in [0.29, 0.717) is 11.6 Å². The highest BCUT2D eigenvalue weighted by molar-refractivity contribution is 6.32. The van der Waals surface area contributed by atoms with Crippen molar-refractivity contribution in [3.05, 3.63) is 59.3 Å². The average Bonchev–Trinajstić information content (AvgIpc) is 2.38. The highest BCUT2D eigenvalue weighted by atomic mass is 35.5. The maximum Gasteiger partial charge on any atom is 0.119 e. The van der Waals surface area contributed by atoms with E-state index in [1.54, 1.807) is 0 Å². The fourth-order valence-electron chi connectivity index (χ4n) is 1.84. The summed E-state index contributed by atoms with van der Waals surface area (Å²) in [4.78, 5) is 1.98. The van der Waals surface area contributed by atoms with Crippen molar-refractivity contribution in [3.8, 4) is 5.75 Å². The second kappa shape index (κ2) is 5.32. The summed E-state index contributed by atoms with van der Waals surface area (Å²) in [6.07, 6.45) is 3.86. The molecule has 2 nitrogen and oxygen atoms in total. The van der Waals surface area contributed by atoms with Crippen LogP contribution in [0.3, 0.4) is 0 Å². The van der Waals surface area contributed by atoms with Crippen molar-refractivity contribution in [2.45, 2.75) is 6.92 Å². The van der Waals surface area contributed by atoms with Crippen LogP contribution in [0.1, 0.15) is 12.5 Å². The van der Waals surface area contributed by atoms with Crippen molar-refractivity contribution in [3.63, 3.8) is 0 Å². The van der Waals surface area contributed by atoms with Crippen molar-refractivity contribution >= 4 is 17.3 Å². The maximum absolute atomic E-state index is 6.04. The van der Waals surface area contributed by atoms with Gasteiger partial charge in [-0.2, -0.15) is 0 Å². The fourth-order valence-corrected chi connectivity index (χ4v) is 2.03. The quantitative estimate of drug-likeness (QED) is 0.815. The van der Waals surface area contributed by atoms with Gasteiger partial charge in [0.1, 0.15) is 5.75 Å². The van der Waals surface area contributed by atoms with Gasteiger partial charge in [0.25, 0.3) is 0 Å². The summed E-state index contributed by atoms with van der Waals surface area (Å²) in [5, 5.41) is 0.673. The minimum absolute atomic E-state index is 0.673. The molecule has 3 heteroatoms. The lowest BCUT2D eigenvalue weighted by Gasteiger charge is -2.27. The van der Waals surface area contributed by atoms with E-state index >= 15 is 0 Å². The fraction of sp³-hybridized carbons (Fsp3) is 0.200. The third kappa shape index (κ3) is 2.44. The third-order valence-corrected chi connectivity index (χ3v) is 3.23. The highest BCUT2D eigenvalue weighted by Gasteiger charge is 2.16. The molecular weight excluding hydrogens is 246 g/mol. The lowest BCUT2D eigenvalue weighted by Crippen LogP contribution is -2.18. The van der Waals surface area contributed by atoms with Crippen LogP contribution in [-0.2, 0) is 0 Å². The molecule has 94 valence electrons. The van der Waals surface area contributed by atoms with E-state index < -0.39 is 0 Å². The van der Waals surface area contributed by atoms with Gasteiger partial charge in [-0.3, -0.25) is 0 Å². The van der Waals surface area contributed by atoms with Gasteiger partial charge in [-0.25, -0.2) is 0 Å². The summed E-state index contributed by atoms with van der Waals surface area (Å²) in [6, 6.07) is 8.01. The second-order valence-corrected chi connectivity index (χ2v) is 4.44. The molecule has 0 aliphatic carbocycles. The van der Waals surface area contributed by atoms with Crippen LogP contribution in [0.15, 0.2) is 53.7 Å². The number of hydrogen-bond donors (Lipinski definition) is 0. The first-order valence-electron chi connectivity index (χ1n) is 5.87. The molecule has 1 aromatic carbocycles. The molecule has 0 radical (unpaired) electrons. The number of rotatable bonds is 3. The summed E-state index contributed by atoms with van der Waals surface area (Å²) in [5.74, 6) is 0.882. The van der Waals surface area contributed by atoms with Crippen molar-refractivity contribution in [1.82, 2.24) is 4.90 Å². The van der Waals surface area contributed by atoms with E-state index in [2.05, 4.69) is 6.58 Å². The van der Waals surface area contributed by atoms with Crippen molar-refractivity contribution in [2.24, 2.45) is 0 Å². The molecule has 0 saturated heterocycles. The molecule has 2 rings (SSSR count). The van der Waals surface area contributed by atoms with E-state index in [9.17, 15) is 0 Å². The number of hydrogen-bond acceptors (Lipinski definition) is 2. The molecule has 1 aliphatic heterocycles. The number of nitrogens with zero attached hydrogens (tertiary/aromatic N) is 1. The second-order valence-electron chi connectivity index (χ2n) is 4.03. The first-order valence-corrected chi connectivity index (χ1v) is 6.25. The lowest BCUT2D eigenvalue weighted by molar-refractivity contribution is 0.340. The molecule has 0 fully saturated rings. The van der Waals surface area contributed by atoms with Gasteiger partial charge in [0.05, 0.1) is 17.3 Å². The molecule has 0 aromatic heterocycles. The first kappa shape index (κ1) is 12.8. The predicted molar refractivity (Wildman–Crippen MR) is 76.4 cm³/mol. The van der Waals surface area contributed by atoms with Crippen LogP contribution in [-0.4, -0.2) is 18.6 Å². The van der Waals surface area contributed by atoms with Crippen LogP contribution in [0.4, 0.5) is 0 Å². The molecule has 0 saturated carbocycles. The minimum atomic E-state index is 0.673. The number of allylic oxidation sites excluding steroid dienone is 3. The number of halogens is 1. The average molecular weight is 262 g/mol. The van der Waals surface area contributed by atoms with Crippen LogP contribution in [0.5, 0.6) is 5.75 Å². The Hall–Kier alpha value is -1.67. The Morgan fingerprint density at radius 2 is 1.89 bits per heavy atom. The Morgan fingerprint density at radius 3 is 2.50 bits per heavy atom. The molecule has 0 bridgehead atoms. The number of benzene rings is 1. The maximum atomic E-state index is 6.04. The van der Waals surface area contributed by atoms with E-state index in [1.807, 2.05) is 55.3 Å².